The number of hydrogen-bond acceptors (Lipinski definition) is 7. The Morgan fingerprint density at radius 1 is 1.09 bits per heavy atom. The van der Waals surface area contributed by atoms with E-state index in [9.17, 15) is 9.90 Å². The topological polar surface area (TPSA) is 98.0 Å². The fourth-order valence-electron chi connectivity index (χ4n) is 6.67. The number of hydrogen-bond donors (Lipinski definition) is 3. The summed E-state index contributed by atoms with van der Waals surface area (Å²) < 4.78 is 17.3. The van der Waals surface area contributed by atoms with Crippen LogP contribution < -0.4 is 15.8 Å². The van der Waals surface area contributed by atoms with Gasteiger partial charge in [0.25, 0.3) is 5.91 Å². The molecule has 10 heteroatoms. The zero-order valence-corrected chi connectivity index (χ0v) is 27.2. The molecule has 0 saturated carbocycles. The van der Waals surface area contributed by atoms with Gasteiger partial charge in [0, 0.05) is 41.9 Å². The van der Waals surface area contributed by atoms with Crippen molar-refractivity contribution in [2.45, 2.75) is 58.1 Å². The number of aromatic nitrogens is 3. The van der Waals surface area contributed by atoms with Crippen molar-refractivity contribution in [3.05, 3.63) is 107 Å². The Morgan fingerprint density at radius 3 is 2.57 bits per heavy atom. The first-order chi connectivity index (χ1) is 22.6. The van der Waals surface area contributed by atoms with Crippen molar-refractivity contribution in [3.63, 3.8) is 0 Å². The molecule has 0 spiro atoms. The fraction of sp³-hybridized carbons (Fsp3) is 0.324. The molecule has 242 valence electrons. The van der Waals surface area contributed by atoms with Crippen LogP contribution in [-0.2, 0) is 18.6 Å². The van der Waals surface area contributed by atoms with Crippen LogP contribution in [0.1, 0.15) is 72.1 Å². The molecular formula is C37H40FN7O2. The minimum Gasteiger partial charge on any atom is -0.392 e. The molecule has 2 aromatic heterocycles. The van der Waals surface area contributed by atoms with E-state index in [1.807, 2.05) is 55.8 Å². The normalized spacial score (nSPS) is 16.1. The lowest BCUT2D eigenvalue weighted by atomic mass is 9.84. The Labute approximate surface area is 274 Å². The number of carbonyl (C=O) groups is 1. The predicted octanol–water partition coefficient (Wildman–Crippen LogP) is 6.54. The molecule has 2 aliphatic rings. The monoisotopic (exact) mass is 633 g/mol. The van der Waals surface area contributed by atoms with E-state index in [4.69, 9.17) is 4.98 Å². The number of benzene rings is 3. The smallest absolute Gasteiger partial charge is 0.275 e. The van der Waals surface area contributed by atoms with Gasteiger partial charge in [-0.25, -0.2) is 24.8 Å². The summed E-state index contributed by atoms with van der Waals surface area (Å²) >= 11 is 0. The van der Waals surface area contributed by atoms with Gasteiger partial charge in [0.1, 0.15) is 5.82 Å². The molecule has 5 aromatic rings. The van der Waals surface area contributed by atoms with Gasteiger partial charge in [0.05, 0.1) is 23.6 Å². The SMILES string of the molecule is CN1CCC(c2ccc(Nc3nc(-c4cccc(N5NCc6cc(C(C)(C)C)cc(F)c6C5=O)c4CO)cn4ccnc34)cc2)CC1. The number of nitrogens with one attached hydrogen (secondary N) is 2. The highest BCUT2D eigenvalue weighted by Crippen LogP contribution is 2.36. The van der Waals surface area contributed by atoms with Crippen molar-refractivity contribution in [2.75, 3.05) is 30.5 Å². The predicted molar refractivity (Wildman–Crippen MR) is 182 cm³/mol. The number of aliphatic hydroxyl groups is 1. The van der Waals surface area contributed by atoms with E-state index < -0.39 is 11.7 Å². The number of amides is 1. The molecule has 7 rings (SSSR count). The third kappa shape index (κ3) is 5.88. The number of rotatable bonds is 6. The first-order valence-electron chi connectivity index (χ1n) is 16.1. The van der Waals surface area contributed by atoms with Gasteiger partial charge < -0.3 is 19.7 Å². The maximum absolute atomic E-state index is 15.4. The quantitative estimate of drug-likeness (QED) is 0.195. The molecule has 0 atom stereocenters. The lowest BCUT2D eigenvalue weighted by molar-refractivity contribution is 0.0958. The Balaban J connectivity index is 1.21. The van der Waals surface area contributed by atoms with E-state index in [1.165, 1.54) is 16.6 Å². The van der Waals surface area contributed by atoms with Crippen molar-refractivity contribution in [2.24, 2.45) is 0 Å². The van der Waals surface area contributed by atoms with Gasteiger partial charge in [0.2, 0.25) is 0 Å². The van der Waals surface area contributed by atoms with Crippen molar-refractivity contribution in [3.8, 4) is 11.3 Å². The number of aliphatic hydroxyl groups excluding tert-OH is 1. The third-order valence-electron chi connectivity index (χ3n) is 9.45. The van der Waals surface area contributed by atoms with Crippen LogP contribution in [-0.4, -0.2) is 50.4 Å². The number of imidazole rings is 1. The second-order valence-corrected chi connectivity index (χ2v) is 13.6. The maximum atomic E-state index is 15.4. The van der Waals surface area contributed by atoms with Crippen LogP contribution >= 0.6 is 0 Å². The third-order valence-corrected chi connectivity index (χ3v) is 9.45. The molecule has 4 heterocycles. The van der Waals surface area contributed by atoms with Crippen LogP contribution in [0.15, 0.2) is 73.2 Å². The van der Waals surface area contributed by atoms with Gasteiger partial charge in [-0.15, -0.1) is 0 Å². The van der Waals surface area contributed by atoms with Crippen molar-refractivity contribution < 1.29 is 14.3 Å². The van der Waals surface area contributed by atoms with Crippen LogP contribution in [0.25, 0.3) is 16.9 Å². The average Bonchev–Trinajstić information content (AvgIpc) is 3.54. The first kappa shape index (κ1) is 31.0. The van der Waals surface area contributed by atoms with Crippen LogP contribution in [0.2, 0.25) is 0 Å². The Hall–Kier alpha value is -4.64. The zero-order chi connectivity index (χ0) is 32.9. The van der Waals surface area contributed by atoms with E-state index >= 15 is 4.39 Å². The molecule has 1 amide bonds. The lowest BCUT2D eigenvalue weighted by Crippen LogP contribution is -2.48. The summed E-state index contributed by atoms with van der Waals surface area (Å²) in [6, 6.07) is 17.3. The molecule has 0 aliphatic carbocycles. The van der Waals surface area contributed by atoms with E-state index in [1.54, 1.807) is 12.3 Å². The summed E-state index contributed by atoms with van der Waals surface area (Å²) in [5, 5.41) is 15.5. The van der Waals surface area contributed by atoms with Crippen molar-refractivity contribution in [1.82, 2.24) is 24.7 Å². The number of nitrogens with zero attached hydrogens (tertiary/aromatic N) is 5. The van der Waals surface area contributed by atoms with Gasteiger partial charge >= 0.3 is 0 Å². The summed E-state index contributed by atoms with van der Waals surface area (Å²) in [7, 11) is 2.17. The highest BCUT2D eigenvalue weighted by Gasteiger charge is 2.32. The first-order valence-corrected chi connectivity index (χ1v) is 16.1. The Bertz CT molecular complexity index is 1960. The Kier molecular flexibility index (Phi) is 8.03. The maximum Gasteiger partial charge on any atom is 0.275 e. The second kappa shape index (κ2) is 12.2. The van der Waals surface area contributed by atoms with Crippen LogP contribution in [0.3, 0.4) is 0 Å². The summed E-state index contributed by atoms with van der Waals surface area (Å²) in [5.41, 5.74) is 9.42. The molecular weight excluding hydrogens is 593 g/mol. The number of fused-ring (bicyclic) bond motifs is 2. The fourth-order valence-corrected chi connectivity index (χ4v) is 6.67. The molecule has 3 aromatic carbocycles. The highest BCUT2D eigenvalue weighted by atomic mass is 19.1. The van der Waals surface area contributed by atoms with Crippen LogP contribution in [0.4, 0.5) is 21.6 Å². The molecule has 9 nitrogen and oxygen atoms in total. The van der Waals surface area contributed by atoms with E-state index in [0.29, 0.717) is 45.5 Å². The lowest BCUT2D eigenvalue weighted by Gasteiger charge is -2.32. The number of carbonyl (C=O) groups excluding carboxylic acids is 1. The van der Waals surface area contributed by atoms with Gasteiger partial charge in [-0.2, -0.15) is 0 Å². The summed E-state index contributed by atoms with van der Waals surface area (Å²) in [6.07, 6.45) is 7.73. The Morgan fingerprint density at radius 2 is 1.85 bits per heavy atom. The van der Waals surface area contributed by atoms with Gasteiger partial charge in [-0.05, 0) is 85.3 Å². The van der Waals surface area contributed by atoms with Crippen molar-refractivity contribution >= 4 is 28.7 Å². The average molecular weight is 634 g/mol. The number of piperidine rings is 1. The molecule has 1 fully saturated rings. The van der Waals surface area contributed by atoms with Gasteiger partial charge in [-0.3, -0.25) is 4.79 Å². The molecule has 2 aliphatic heterocycles. The molecule has 0 unspecified atom stereocenters. The van der Waals surface area contributed by atoms with Crippen LogP contribution in [0, 0.1) is 5.82 Å². The standard InChI is InChI=1S/C37H40FN7O2/c1-37(2,3)26-18-25-20-40-45(36(47)33(25)30(38)19-26)32-7-5-6-28(29(32)22-46)31-21-44-17-14-39-35(44)34(42-31)41-27-10-8-23(9-11-27)24-12-15-43(4)16-13-24/h5-11,14,17-19,21,24,40,46H,12-13,15-16,20,22H2,1-4H3,(H,41,42). The largest absolute Gasteiger partial charge is 0.392 e. The van der Waals surface area contributed by atoms with E-state index in [2.05, 4.69) is 51.9 Å². The van der Waals surface area contributed by atoms with E-state index in [-0.39, 0.29) is 24.1 Å². The molecule has 0 radical (unpaired) electrons. The summed E-state index contributed by atoms with van der Waals surface area (Å²) in [6.45, 7) is 8.17. The van der Waals surface area contributed by atoms with Crippen LogP contribution in [0.5, 0.6) is 0 Å². The van der Waals surface area contributed by atoms with Gasteiger partial charge in [-0.1, -0.05) is 51.1 Å². The highest BCUT2D eigenvalue weighted by molar-refractivity contribution is 6.08. The number of anilines is 3. The zero-order valence-electron chi connectivity index (χ0n) is 27.2. The second-order valence-electron chi connectivity index (χ2n) is 13.6. The summed E-state index contributed by atoms with van der Waals surface area (Å²) in [4.78, 5) is 25.6. The summed E-state index contributed by atoms with van der Waals surface area (Å²) in [5.74, 6) is 0.0665. The minimum atomic E-state index is -0.548. The molecule has 0 bridgehead atoms. The molecule has 47 heavy (non-hydrogen) atoms. The van der Waals surface area contributed by atoms with E-state index in [0.717, 1.165) is 37.2 Å². The number of likely N-dealkylation sites (tertiary alicyclic amines) is 1. The molecule has 1 saturated heterocycles. The number of hydrazine groups is 1. The number of halogens is 1. The van der Waals surface area contributed by atoms with Crippen molar-refractivity contribution in [1.29, 1.82) is 0 Å². The molecule has 3 N–H and O–H groups in total. The minimum absolute atomic E-state index is 0.0392. The van der Waals surface area contributed by atoms with Gasteiger partial charge in [0.15, 0.2) is 11.5 Å².